The van der Waals surface area contributed by atoms with Gasteiger partial charge in [0.1, 0.15) is 0 Å². The SMILES string of the molecule is CCCN1CCN(CCC(=O)c2cccc(F)c2F)CC1. The van der Waals surface area contributed by atoms with Crippen molar-refractivity contribution in [2.45, 2.75) is 19.8 Å². The van der Waals surface area contributed by atoms with Gasteiger partial charge in [-0.2, -0.15) is 0 Å². The van der Waals surface area contributed by atoms with Gasteiger partial charge >= 0.3 is 0 Å². The van der Waals surface area contributed by atoms with Crippen molar-refractivity contribution >= 4 is 5.78 Å². The Morgan fingerprint density at radius 1 is 1.10 bits per heavy atom. The normalized spacial score (nSPS) is 17.1. The zero-order chi connectivity index (χ0) is 15.2. The minimum atomic E-state index is -1.03. The summed E-state index contributed by atoms with van der Waals surface area (Å²) < 4.78 is 26.6. The Bertz CT molecular complexity index is 485. The van der Waals surface area contributed by atoms with E-state index in [4.69, 9.17) is 0 Å². The van der Waals surface area contributed by atoms with E-state index in [1.165, 1.54) is 12.1 Å². The number of ketones is 1. The first-order chi connectivity index (χ1) is 10.1. The molecule has 1 aromatic rings. The highest BCUT2D eigenvalue weighted by molar-refractivity contribution is 5.96. The highest BCUT2D eigenvalue weighted by Crippen LogP contribution is 2.14. The number of carbonyl (C=O) groups excluding carboxylic acids is 1. The van der Waals surface area contributed by atoms with Gasteiger partial charge in [-0.15, -0.1) is 0 Å². The summed E-state index contributed by atoms with van der Waals surface area (Å²) in [5.41, 5.74) is -0.139. The number of halogens is 2. The van der Waals surface area contributed by atoms with E-state index in [0.29, 0.717) is 6.54 Å². The third kappa shape index (κ3) is 4.32. The van der Waals surface area contributed by atoms with Crippen LogP contribution in [0.1, 0.15) is 30.1 Å². The molecule has 0 atom stereocenters. The van der Waals surface area contributed by atoms with Crippen LogP contribution in [-0.2, 0) is 0 Å². The summed E-state index contributed by atoms with van der Waals surface area (Å²) in [5, 5.41) is 0. The maximum atomic E-state index is 13.5. The third-order valence-corrected chi connectivity index (χ3v) is 3.91. The lowest BCUT2D eigenvalue weighted by Gasteiger charge is -2.34. The minimum Gasteiger partial charge on any atom is -0.301 e. The van der Waals surface area contributed by atoms with Crippen LogP contribution in [0.25, 0.3) is 0 Å². The zero-order valence-electron chi connectivity index (χ0n) is 12.4. The van der Waals surface area contributed by atoms with E-state index in [9.17, 15) is 13.6 Å². The van der Waals surface area contributed by atoms with Crippen LogP contribution < -0.4 is 0 Å². The summed E-state index contributed by atoms with van der Waals surface area (Å²) in [7, 11) is 0. The second-order valence-electron chi connectivity index (χ2n) is 5.46. The minimum absolute atomic E-state index is 0.139. The van der Waals surface area contributed by atoms with Crippen molar-refractivity contribution in [3.05, 3.63) is 35.4 Å². The van der Waals surface area contributed by atoms with E-state index in [1.54, 1.807) is 0 Å². The predicted molar refractivity (Wildman–Crippen MR) is 78.5 cm³/mol. The molecule has 0 unspecified atom stereocenters. The van der Waals surface area contributed by atoms with E-state index in [1.807, 2.05) is 0 Å². The topological polar surface area (TPSA) is 23.6 Å². The molecule has 1 aromatic carbocycles. The van der Waals surface area contributed by atoms with Gasteiger partial charge in [-0.3, -0.25) is 4.79 Å². The molecule has 0 aromatic heterocycles. The molecule has 0 spiro atoms. The largest absolute Gasteiger partial charge is 0.301 e. The quantitative estimate of drug-likeness (QED) is 0.754. The number of piperazine rings is 1. The molecule has 21 heavy (non-hydrogen) atoms. The molecule has 0 aliphatic carbocycles. The van der Waals surface area contributed by atoms with Crippen LogP contribution in [0.5, 0.6) is 0 Å². The summed E-state index contributed by atoms with van der Waals surface area (Å²) in [6.07, 6.45) is 1.38. The summed E-state index contributed by atoms with van der Waals surface area (Å²) in [5.74, 6) is -2.33. The van der Waals surface area contributed by atoms with E-state index in [0.717, 1.165) is 45.2 Å². The molecule has 1 aliphatic heterocycles. The van der Waals surface area contributed by atoms with Crippen molar-refractivity contribution in [1.82, 2.24) is 9.80 Å². The van der Waals surface area contributed by atoms with Crippen molar-refractivity contribution in [2.75, 3.05) is 39.3 Å². The van der Waals surface area contributed by atoms with Crippen LogP contribution in [0.4, 0.5) is 8.78 Å². The molecule has 5 heteroatoms. The van der Waals surface area contributed by atoms with E-state index >= 15 is 0 Å². The first kappa shape index (κ1) is 16.0. The van der Waals surface area contributed by atoms with Crippen LogP contribution in [0.2, 0.25) is 0 Å². The van der Waals surface area contributed by atoms with Gasteiger partial charge in [0.15, 0.2) is 17.4 Å². The lowest BCUT2D eigenvalue weighted by molar-refractivity contribution is 0.0924. The summed E-state index contributed by atoms with van der Waals surface area (Å²) in [6, 6.07) is 3.74. The third-order valence-electron chi connectivity index (χ3n) is 3.91. The highest BCUT2D eigenvalue weighted by Gasteiger charge is 2.19. The molecular formula is C16H22F2N2O. The molecule has 0 N–H and O–H groups in total. The maximum absolute atomic E-state index is 13.5. The number of rotatable bonds is 6. The van der Waals surface area contributed by atoms with Crippen molar-refractivity contribution < 1.29 is 13.6 Å². The molecule has 3 nitrogen and oxygen atoms in total. The monoisotopic (exact) mass is 296 g/mol. The Morgan fingerprint density at radius 2 is 1.71 bits per heavy atom. The summed E-state index contributed by atoms with van der Waals surface area (Å²) in [4.78, 5) is 16.6. The van der Waals surface area contributed by atoms with Gasteiger partial charge in [0.2, 0.25) is 0 Å². The van der Waals surface area contributed by atoms with Crippen LogP contribution >= 0.6 is 0 Å². The Balaban J connectivity index is 1.81. The Labute approximate surface area is 124 Å². The lowest BCUT2D eigenvalue weighted by Crippen LogP contribution is -2.46. The van der Waals surface area contributed by atoms with Crippen molar-refractivity contribution in [2.24, 2.45) is 0 Å². The van der Waals surface area contributed by atoms with E-state index < -0.39 is 11.6 Å². The second-order valence-corrected chi connectivity index (χ2v) is 5.46. The van der Waals surface area contributed by atoms with Gasteiger partial charge in [0, 0.05) is 39.1 Å². The molecular weight excluding hydrogens is 274 g/mol. The molecule has 2 rings (SSSR count). The van der Waals surface area contributed by atoms with Gasteiger partial charge in [0.05, 0.1) is 5.56 Å². The molecule has 0 radical (unpaired) electrons. The van der Waals surface area contributed by atoms with Crippen molar-refractivity contribution in [3.63, 3.8) is 0 Å². The average Bonchev–Trinajstić information content (AvgIpc) is 2.49. The second kappa shape index (κ2) is 7.61. The molecule has 1 fully saturated rings. The number of hydrogen-bond donors (Lipinski definition) is 0. The number of benzene rings is 1. The summed E-state index contributed by atoms with van der Waals surface area (Å²) >= 11 is 0. The predicted octanol–water partition coefficient (Wildman–Crippen LogP) is 2.57. The standard InChI is InChI=1S/C16H22F2N2O/c1-2-7-19-9-11-20(12-10-19)8-6-15(21)13-4-3-5-14(17)16(13)18/h3-5H,2,6-12H2,1H3. The van der Waals surface area contributed by atoms with Crippen LogP contribution in [0, 0.1) is 11.6 Å². The maximum Gasteiger partial charge on any atom is 0.169 e. The fourth-order valence-corrected chi connectivity index (χ4v) is 2.67. The van der Waals surface area contributed by atoms with Gasteiger partial charge < -0.3 is 9.80 Å². The van der Waals surface area contributed by atoms with Gasteiger partial charge in [-0.25, -0.2) is 8.78 Å². The molecule has 1 aliphatic rings. The first-order valence-corrected chi connectivity index (χ1v) is 7.53. The fraction of sp³-hybridized carbons (Fsp3) is 0.562. The molecule has 0 amide bonds. The number of nitrogens with zero attached hydrogens (tertiary/aromatic N) is 2. The molecule has 1 saturated heterocycles. The zero-order valence-corrected chi connectivity index (χ0v) is 12.4. The Kier molecular flexibility index (Phi) is 5.82. The molecule has 116 valence electrons. The van der Waals surface area contributed by atoms with Crippen LogP contribution in [0.15, 0.2) is 18.2 Å². The lowest BCUT2D eigenvalue weighted by atomic mass is 10.1. The van der Waals surface area contributed by atoms with Gasteiger partial charge in [-0.05, 0) is 25.1 Å². The van der Waals surface area contributed by atoms with Crippen molar-refractivity contribution in [3.8, 4) is 0 Å². The van der Waals surface area contributed by atoms with Gasteiger partial charge in [-0.1, -0.05) is 13.0 Å². The highest BCUT2D eigenvalue weighted by atomic mass is 19.2. The van der Waals surface area contributed by atoms with E-state index in [2.05, 4.69) is 16.7 Å². The molecule has 0 bridgehead atoms. The van der Waals surface area contributed by atoms with Crippen molar-refractivity contribution in [1.29, 1.82) is 0 Å². The fourth-order valence-electron chi connectivity index (χ4n) is 2.67. The van der Waals surface area contributed by atoms with E-state index in [-0.39, 0.29) is 17.8 Å². The number of Topliss-reactive ketones (excluding diaryl/α,β-unsaturated/α-hetero) is 1. The summed E-state index contributed by atoms with van der Waals surface area (Å²) in [6.45, 7) is 7.76. The van der Waals surface area contributed by atoms with Crippen LogP contribution in [-0.4, -0.2) is 54.9 Å². The average molecular weight is 296 g/mol. The van der Waals surface area contributed by atoms with Gasteiger partial charge in [0.25, 0.3) is 0 Å². The smallest absolute Gasteiger partial charge is 0.169 e. The molecule has 0 saturated carbocycles. The molecule has 1 heterocycles. The first-order valence-electron chi connectivity index (χ1n) is 7.53. The number of hydrogen-bond acceptors (Lipinski definition) is 3. The number of carbonyl (C=O) groups is 1. The Hall–Kier alpha value is -1.33. The van der Waals surface area contributed by atoms with Crippen LogP contribution in [0.3, 0.4) is 0 Å². The Morgan fingerprint density at radius 3 is 2.33 bits per heavy atom.